The van der Waals surface area contributed by atoms with Gasteiger partial charge in [0.15, 0.2) is 0 Å². The molecule has 0 saturated carbocycles. The van der Waals surface area contributed by atoms with Crippen molar-refractivity contribution in [1.82, 2.24) is 4.90 Å². The van der Waals surface area contributed by atoms with Gasteiger partial charge in [-0.25, -0.2) is 0 Å². The van der Waals surface area contributed by atoms with Crippen LogP contribution in [0.1, 0.15) is 17.2 Å². The van der Waals surface area contributed by atoms with Crippen LogP contribution in [0.4, 0.5) is 5.69 Å². The summed E-state index contributed by atoms with van der Waals surface area (Å²) in [6.45, 7) is 0.523. The lowest BCUT2D eigenvalue weighted by molar-refractivity contribution is 0.138. The molecule has 1 rings (SSSR count). The molecule has 15 heavy (non-hydrogen) atoms. The second-order valence-corrected chi connectivity index (χ2v) is 3.74. The molecule has 0 aliphatic carbocycles. The summed E-state index contributed by atoms with van der Waals surface area (Å²) >= 11 is 0. The normalized spacial score (nSPS) is 12.5. The van der Waals surface area contributed by atoms with E-state index in [1.165, 1.54) is 0 Å². The summed E-state index contributed by atoms with van der Waals surface area (Å²) in [7, 11) is 3.76. The monoisotopic (exact) mass is 205 g/mol. The Bertz CT molecular complexity index is 382. The van der Waals surface area contributed by atoms with Crippen LogP contribution in [0.25, 0.3) is 0 Å². The van der Waals surface area contributed by atoms with E-state index in [1.54, 1.807) is 18.2 Å². The molecule has 0 saturated heterocycles. The number of nitrogens with two attached hydrogens (primary N) is 1. The lowest BCUT2D eigenvalue weighted by Gasteiger charge is -2.16. The van der Waals surface area contributed by atoms with E-state index in [2.05, 4.69) is 0 Å². The molecule has 0 heterocycles. The molecule has 1 unspecified atom stereocenters. The van der Waals surface area contributed by atoms with E-state index in [9.17, 15) is 5.11 Å². The van der Waals surface area contributed by atoms with Gasteiger partial charge in [-0.2, -0.15) is 5.26 Å². The minimum atomic E-state index is -0.590. The van der Waals surface area contributed by atoms with Crippen molar-refractivity contribution < 1.29 is 5.11 Å². The van der Waals surface area contributed by atoms with E-state index in [0.717, 1.165) is 5.56 Å². The van der Waals surface area contributed by atoms with Gasteiger partial charge in [-0.15, -0.1) is 0 Å². The van der Waals surface area contributed by atoms with Crippen LogP contribution in [0.2, 0.25) is 0 Å². The predicted molar refractivity (Wildman–Crippen MR) is 59.1 cm³/mol. The predicted octanol–water partition coefficient (Wildman–Crippen LogP) is 0.735. The average Bonchev–Trinajstić information content (AvgIpc) is 2.17. The van der Waals surface area contributed by atoms with Crippen LogP contribution in [0.5, 0.6) is 0 Å². The van der Waals surface area contributed by atoms with Gasteiger partial charge in [0.2, 0.25) is 0 Å². The lowest BCUT2D eigenvalue weighted by atomic mass is 10.0. The molecule has 1 aromatic carbocycles. The zero-order valence-corrected chi connectivity index (χ0v) is 8.94. The number of aliphatic hydroxyl groups is 1. The third kappa shape index (κ3) is 2.94. The maximum absolute atomic E-state index is 9.81. The highest BCUT2D eigenvalue weighted by atomic mass is 16.3. The quantitative estimate of drug-likeness (QED) is 0.714. The van der Waals surface area contributed by atoms with Gasteiger partial charge in [-0.05, 0) is 31.8 Å². The number of rotatable bonds is 3. The molecule has 0 radical (unpaired) electrons. The van der Waals surface area contributed by atoms with Crippen molar-refractivity contribution in [2.45, 2.75) is 6.10 Å². The topological polar surface area (TPSA) is 73.3 Å². The Labute approximate surface area is 89.5 Å². The summed E-state index contributed by atoms with van der Waals surface area (Å²) in [4.78, 5) is 1.88. The molecular weight excluding hydrogens is 190 g/mol. The summed E-state index contributed by atoms with van der Waals surface area (Å²) in [5, 5.41) is 18.6. The van der Waals surface area contributed by atoms with Gasteiger partial charge in [0.05, 0.1) is 11.7 Å². The molecule has 4 nitrogen and oxygen atoms in total. The average molecular weight is 205 g/mol. The minimum absolute atomic E-state index is 0.408. The van der Waals surface area contributed by atoms with E-state index >= 15 is 0 Å². The van der Waals surface area contributed by atoms with Crippen LogP contribution in [0.15, 0.2) is 18.2 Å². The molecule has 3 N–H and O–H groups in total. The summed E-state index contributed by atoms with van der Waals surface area (Å²) in [5.74, 6) is 0. The molecule has 0 aliphatic rings. The Morgan fingerprint density at radius 1 is 1.53 bits per heavy atom. The van der Waals surface area contributed by atoms with Gasteiger partial charge >= 0.3 is 0 Å². The van der Waals surface area contributed by atoms with E-state index in [4.69, 9.17) is 11.0 Å². The Kier molecular flexibility index (Phi) is 3.67. The summed E-state index contributed by atoms with van der Waals surface area (Å²) in [6.07, 6.45) is -0.590. The maximum Gasteiger partial charge on any atom is 0.101 e. The van der Waals surface area contributed by atoms with Crippen LogP contribution >= 0.6 is 0 Å². The molecule has 4 heteroatoms. The van der Waals surface area contributed by atoms with E-state index in [0.29, 0.717) is 17.8 Å². The van der Waals surface area contributed by atoms with Gasteiger partial charge in [0.25, 0.3) is 0 Å². The standard InChI is InChI=1S/C11H15N3O/c1-14(2)7-11(15)8-3-4-10(13)9(5-8)6-12/h3-5,11,15H,7,13H2,1-2H3. The van der Waals surface area contributed by atoms with Crippen molar-refractivity contribution in [3.05, 3.63) is 29.3 Å². The largest absolute Gasteiger partial charge is 0.398 e. The molecular formula is C11H15N3O. The Morgan fingerprint density at radius 3 is 2.73 bits per heavy atom. The van der Waals surface area contributed by atoms with E-state index < -0.39 is 6.10 Å². The number of likely N-dealkylation sites (N-methyl/N-ethyl adjacent to an activating group) is 1. The fourth-order valence-corrected chi connectivity index (χ4v) is 1.33. The molecule has 0 amide bonds. The first-order valence-electron chi connectivity index (χ1n) is 4.67. The third-order valence-corrected chi connectivity index (χ3v) is 2.12. The highest BCUT2D eigenvalue weighted by molar-refractivity contribution is 5.55. The molecule has 0 aliphatic heterocycles. The first kappa shape index (κ1) is 11.5. The fourth-order valence-electron chi connectivity index (χ4n) is 1.33. The first-order chi connectivity index (χ1) is 7.04. The van der Waals surface area contributed by atoms with Crippen molar-refractivity contribution in [1.29, 1.82) is 5.26 Å². The number of nitrogens with zero attached hydrogens (tertiary/aromatic N) is 2. The van der Waals surface area contributed by atoms with Gasteiger partial charge in [-0.1, -0.05) is 6.07 Å². The van der Waals surface area contributed by atoms with Crippen molar-refractivity contribution in [2.24, 2.45) is 0 Å². The third-order valence-electron chi connectivity index (χ3n) is 2.12. The second-order valence-electron chi connectivity index (χ2n) is 3.74. The number of nitrogen functional groups attached to an aromatic ring is 1. The van der Waals surface area contributed by atoms with E-state index in [-0.39, 0.29) is 0 Å². The zero-order valence-electron chi connectivity index (χ0n) is 8.94. The molecule has 0 aromatic heterocycles. The molecule has 1 atom stereocenters. The molecule has 0 spiro atoms. The van der Waals surface area contributed by atoms with Crippen molar-refractivity contribution in [3.63, 3.8) is 0 Å². The molecule has 80 valence electrons. The smallest absolute Gasteiger partial charge is 0.101 e. The van der Waals surface area contributed by atoms with Crippen LogP contribution in [-0.2, 0) is 0 Å². The highest BCUT2D eigenvalue weighted by Crippen LogP contribution is 2.19. The first-order valence-corrected chi connectivity index (χ1v) is 4.67. The second kappa shape index (κ2) is 4.78. The number of nitriles is 1. The highest BCUT2D eigenvalue weighted by Gasteiger charge is 2.10. The molecule has 0 fully saturated rings. The Morgan fingerprint density at radius 2 is 2.20 bits per heavy atom. The van der Waals surface area contributed by atoms with Gasteiger partial charge in [0.1, 0.15) is 6.07 Å². The van der Waals surface area contributed by atoms with Crippen molar-refractivity contribution in [2.75, 3.05) is 26.4 Å². The van der Waals surface area contributed by atoms with Crippen LogP contribution in [-0.4, -0.2) is 30.6 Å². The van der Waals surface area contributed by atoms with Crippen molar-refractivity contribution >= 4 is 5.69 Å². The number of hydrogen-bond acceptors (Lipinski definition) is 4. The summed E-state index contributed by atoms with van der Waals surface area (Å²) in [5.41, 5.74) is 7.15. The lowest BCUT2D eigenvalue weighted by Crippen LogP contribution is -2.20. The molecule has 1 aromatic rings. The maximum atomic E-state index is 9.81. The molecule has 0 bridgehead atoms. The fraction of sp³-hybridized carbons (Fsp3) is 0.364. The van der Waals surface area contributed by atoms with Crippen LogP contribution in [0.3, 0.4) is 0 Å². The number of hydrogen-bond donors (Lipinski definition) is 2. The zero-order chi connectivity index (χ0) is 11.4. The van der Waals surface area contributed by atoms with Crippen LogP contribution < -0.4 is 5.73 Å². The summed E-state index contributed by atoms with van der Waals surface area (Å²) in [6, 6.07) is 7.01. The van der Waals surface area contributed by atoms with Gasteiger partial charge in [0, 0.05) is 12.2 Å². The number of benzene rings is 1. The number of anilines is 1. The van der Waals surface area contributed by atoms with E-state index in [1.807, 2.05) is 25.1 Å². The minimum Gasteiger partial charge on any atom is -0.398 e. The van der Waals surface area contributed by atoms with Gasteiger partial charge < -0.3 is 15.7 Å². The summed E-state index contributed by atoms with van der Waals surface area (Å²) < 4.78 is 0. The van der Waals surface area contributed by atoms with Gasteiger partial charge in [-0.3, -0.25) is 0 Å². The Balaban J connectivity index is 2.92. The Hall–Kier alpha value is -1.57. The van der Waals surface area contributed by atoms with Crippen LogP contribution in [0, 0.1) is 11.3 Å². The number of aliphatic hydroxyl groups excluding tert-OH is 1. The van der Waals surface area contributed by atoms with Crippen molar-refractivity contribution in [3.8, 4) is 6.07 Å². The SMILES string of the molecule is CN(C)CC(O)c1ccc(N)c(C#N)c1.